The fourth-order valence-corrected chi connectivity index (χ4v) is 3.35. The van der Waals surface area contributed by atoms with Crippen LogP contribution in [0, 0.1) is 6.92 Å². The maximum absolute atomic E-state index is 12.6. The zero-order chi connectivity index (χ0) is 21.7. The van der Waals surface area contributed by atoms with E-state index in [0.717, 1.165) is 16.9 Å². The van der Waals surface area contributed by atoms with Gasteiger partial charge in [-0.2, -0.15) is 0 Å². The molecule has 1 amide bonds. The van der Waals surface area contributed by atoms with Crippen LogP contribution in [0.25, 0.3) is 0 Å². The van der Waals surface area contributed by atoms with E-state index in [1.807, 2.05) is 31.2 Å². The Morgan fingerprint density at radius 3 is 2.40 bits per heavy atom. The van der Waals surface area contributed by atoms with Crippen LogP contribution in [0.15, 0.2) is 71.6 Å². The first kappa shape index (κ1) is 21.4. The molecule has 0 spiro atoms. The minimum absolute atomic E-state index is 0.0273. The average molecular weight is 426 g/mol. The Kier molecular flexibility index (Phi) is 6.39. The highest BCUT2D eigenvalue weighted by Gasteiger charge is 2.13. The normalized spacial score (nSPS) is 11.0. The first-order chi connectivity index (χ1) is 14.3. The molecule has 0 fully saturated rings. The molecule has 0 saturated heterocycles. The number of carbonyl (C=O) groups is 1. The number of nitrogens with two attached hydrogens (primary N) is 1. The van der Waals surface area contributed by atoms with Crippen LogP contribution in [-0.4, -0.2) is 21.4 Å². The molecule has 3 N–H and O–H groups in total. The highest BCUT2D eigenvalue weighted by Crippen LogP contribution is 2.23. The van der Waals surface area contributed by atoms with Gasteiger partial charge in [0.05, 0.1) is 12.0 Å². The van der Waals surface area contributed by atoms with Gasteiger partial charge >= 0.3 is 0 Å². The van der Waals surface area contributed by atoms with Gasteiger partial charge in [0, 0.05) is 16.8 Å². The van der Waals surface area contributed by atoms with Crippen molar-refractivity contribution in [3.63, 3.8) is 0 Å². The maximum Gasteiger partial charge on any atom is 0.255 e. The summed E-state index contributed by atoms with van der Waals surface area (Å²) < 4.78 is 33.9. The van der Waals surface area contributed by atoms with Crippen molar-refractivity contribution in [1.82, 2.24) is 0 Å². The van der Waals surface area contributed by atoms with Crippen molar-refractivity contribution < 1.29 is 22.7 Å². The van der Waals surface area contributed by atoms with Crippen LogP contribution >= 0.6 is 0 Å². The SMILES string of the molecule is COc1ccc(C(=O)Nc2ccc(S(N)(=O)=O)cc2)cc1COc1cccc(C)c1. The van der Waals surface area contributed by atoms with Gasteiger partial charge in [0.2, 0.25) is 10.0 Å². The summed E-state index contributed by atoms with van der Waals surface area (Å²) in [7, 11) is -2.23. The fraction of sp³-hybridized carbons (Fsp3) is 0.136. The van der Waals surface area contributed by atoms with E-state index in [9.17, 15) is 13.2 Å². The Morgan fingerprint density at radius 1 is 1.03 bits per heavy atom. The number of sulfonamides is 1. The van der Waals surface area contributed by atoms with E-state index < -0.39 is 10.0 Å². The van der Waals surface area contributed by atoms with Gasteiger partial charge in [-0.1, -0.05) is 12.1 Å². The third kappa shape index (κ3) is 5.37. The molecule has 0 aliphatic rings. The number of methoxy groups -OCH3 is 1. The van der Waals surface area contributed by atoms with Crippen LogP contribution in [0.5, 0.6) is 11.5 Å². The molecule has 30 heavy (non-hydrogen) atoms. The van der Waals surface area contributed by atoms with E-state index >= 15 is 0 Å². The number of nitrogens with one attached hydrogen (secondary N) is 1. The highest BCUT2D eigenvalue weighted by molar-refractivity contribution is 7.89. The van der Waals surface area contributed by atoms with Gasteiger partial charge < -0.3 is 14.8 Å². The molecule has 0 aliphatic carbocycles. The standard InChI is InChI=1S/C22H22N2O5S/c1-15-4-3-5-19(12-15)29-14-17-13-16(6-11-21(17)28-2)22(25)24-18-7-9-20(10-8-18)30(23,26)27/h3-13H,14H2,1-2H3,(H,24,25)(H2,23,26,27). The Bertz CT molecular complexity index is 1160. The quantitative estimate of drug-likeness (QED) is 0.601. The largest absolute Gasteiger partial charge is 0.496 e. The number of carbonyl (C=O) groups excluding carboxylic acids is 1. The first-order valence-corrected chi connectivity index (χ1v) is 10.6. The number of hydrogen-bond donors (Lipinski definition) is 2. The third-order valence-electron chi connectivity index (χ3n) is 4.37. The number of primary sulfonamides is 1. The third-order valence-corrected chi connectivity index (χ3v) is 5.30. The van der Waals surface area contributed by atoms with Crippen molar-refractivity contribution in [3.8, 4) is 11.5 Å². The number of benzene rings is 3. The summed E-state index contributed by atoms with van der Waals surface area (Å²) in [5, 5.41) is 7.81. The van der Waals surface area contributed by atoms with E-state index in [0.29, 0.717) is 17.0 Å². The van der Waals surface area contributed by atoms with Gasteiger partial charge in [0.15, 0.2) is 0 Å². The zero-order valence-electron chi connectivity index (χ0n) is 16.6. The van der Waals surface area contributed by atoms with Crippen LogP contribution in [-0.2, 0) is 16.6 Å². The first-order valence-electron chi connectivity index (χ1n) is 9.07. The van der Waals surface area contributed by atoms with E-state index in [4.69, 9.17) is 14.6 Å². The van der Waals surface area contributed by atoms with Gasteiger partial charge in [-0.25, -0.2) is 13.6 Å². The van der Waals surface area contributed by atoms with Gasteiger partial charge in [0.25, 0.3) is 5.91 Å². The summed E-state index contributed by atoms with van der Waals surface area (Å²) in [5.41, 5.74) is 2.66. The molecule has 0 saturated carbocycles. The van der Waals surface area contributed by atoms with Gasteiger partial charge in [-0.3, -0.25) is 4.79 Å². The molecule has 0 radical (unpaired) electrons. The molecule has 3 aromatic rings. The second-order valence-corrected chi connectivity index (χ2v) is 8.22. The van der Waals surface area contributed by atoms with Crippen LogP contribution < -0.4 is 19.9 Å². The lowest BCUT2D eigenvalue weighted by atomic mass is 10.1. The van der Waals surface area contributed by atoms with Crippen molar-refractivity contribution in [2.45, 2.75) is 18.4 Å². The van der Waals surface area contributed by atoms with Crippen LogP contribution in [0.4, 0.5) is 5.69 Å². The number of ether oxygens (including phenoxy) is 2. The molecular formula is C22H22N2O5S. The molecule has 8 heteroatoms. The van der Waals surface area contributed by atoms with E-state index in [1.54, 1.807) is 25.3 Å². The van der Waals surface area contributed by atoms with E-state index in [1.165, 1.54) is 24.3 Å². The van der Waals surface area contributed by atoms with Crippen LogP contribution in [0.2, 0.25) is 0 Å². The molecule has 0 aromatic heterocycles. The van der Waals surface area contributed by atoms with Gasteiger partial charge in [0.1, 0.15) is 18.1 Å². The number of amides is 1. The highest BCUT2D eigenvalue weighted by atomic mass is 32.2. The Labute approximate surface area is 175 Å². The number of hydrogen-bond acceptors (Lipinski definition) is 5. The van der Waals surface area contributed by atoms with E-state index in [2.05, 4.69) is 5.32 Å². The molecular weight excluding hydrogens is 404 g/mol. The van der Waals surface area contributed by atoms with Crippen molar-refractivity contribution in [2.24, 2.45) is 5.14 Å². The van der Waals surface area contributed by atoms with E-state index in [-0.39, 0.29) is 17.4 Å². The monoisotopic (exact) mass is 426 g/mol. The molecule has 7 nitrogen and oxygen atoms in total. The summed E-state index contributed by atoms with van der Waals surface area (Å²) in [6, 6.07) is 18.3. The van der Waals surface area contributed by atoms with Gasteiger partial charge in [-0.05, 0) is 67.1 Å². The summed E-state index contributed by atoms with van der Waals surface area (Å²) in [6.07, 6.45) is 0. The number of rotatable bonds is 7. The molecule has 0 atom stereocenters. The zero-order valence-corrected chi connectivity index (χ0v) is 17.4. The molecule has 0 heterocycles. The minimum Gasteiger partial charge on any atom is -0.496 e. The molecule has 3 rings (SSSR count). The lowest BCUT2D eigenvalue weighted by Crippen LogP contribution is -2.14. The van der Waals surface area contributed by atoms with Crippen molar-refractivity contribution >= 4 is 21.6 Å². The van der Waals surface area contributed by atoms with Crippen molar-refractivity contribution in [2.75, 3.05) is 12.4 Å². The Hall–Kier alpha value is -3.36. The summed E-state index contributed by atoms with van der Waals surface area (Å²) in [4.78, 5) is 12.6. The summed E-state index contributed by atoms with van der Waals surface area (Å²) >= 11 is 0. The second kappa shape index (κ2) is 8.98. The Balaban J connectivity index is 1.75. The van der Waals surface area contributed by atoms with Crippen LogP contribution in [0.1, 0.15) is 21.5 Å². The lowest BCUT2D eigenvalue weighted by molar-refractivity contribution is 0.102. The summed E-state index contributed by atoms with van der Waals surface area (Å²) in [5.74, 6) is 0.983. The van der Waals surface area contributed by atoms with Gasteiger partial charge in [-0.15, -0.1) is 0 Å². The molecule has 156 valence electrons. The fourth-order valence-electron chi connectivity index (χ4n) is 2.83. The van der Waals surface area contributed by atoms with Crippen LogP contribution in [0.3, 0.4) is 0 Å². The molecule has 0 unspecified atom stereocenters. The Morgan fingerprint density at radius 2 is 1.77 bits per heavy atom. The minimum atomic E-state index is -3.79. The lowest BCUT2D eigenvalue weighted by Gasteiger charge is -2.13. The number of anilines is 1. The molecule has 0 aliphatic heterocycles. The predicted molar refractivity (Wildman–Crippen MR) is 114 cm³/mol. The molecule has 0 bridgehead atoms. The number of aryl methyl sites for hydroxylation is 1. The maximum atomic E-state index is 12.6. The average Bonchev–Trinajstić information content (AvgIpc) is 2.72. The summed E-state index contributed by atoms with van der Waals surface area (Å²) in [6.45, 7) is 2.21. The van der Waals surface area contributed by atoms with Crippen molar-refractivity contribution in [1.29, 1.82) is 0 Å². The second-order valence-electron chi connectivity index (χ2n) is 6.66. The smallest absolute Gasteiger partial charge is 0.255 e. The predicted octanol–water partition coefficient (Wildman–Crippen LogP) is 3.48. The van der Waals surface area contributed by atoms with Crippen molar-refractivity contribution in [3.05, 3.63) is 83.4 Å². The topological polar surface area (TPSA) is 108 Å². The molecule has 3 aromatic carbocycles.